The summed E-state index contributed by atoms with van der Waals surface area (Å²) in [5, 5.41) is 3.34. The Hall–Kier alpha value is -1.53. The number of hydrogen-bond donors (Lipinski definition) is 1. The molecule has 0 saturated carbocycles. The van der Waals surface area contributed by atoms with Crippen molar-refractivity contribution < 1.29 is 9.47 Å². The summed E-state index contributed by atoms with van der Waals surface area (Å²) < 4.78 is 11.6. The highest BCUT2D eigenvalue weighted by Gasteiger charge is 2.10. The molecule has 20 heavy (non-hydrogen) atoms. The van der Waals surface area contributed by atoms with Crippen molar-refractivity contribution in [1.82, 2.24) is 9.97 Å². The Kier molecular flexibility index (Phi) is 5.03. The molecular weight excluding hydrogens is 346 g/mol. The number of benzene rings is 1. The number of methoxy groups -OCH3 is 1. The highest BCUT2D eigenvalue weighted by molar-refractivity contribution is 9.10. The summed E-state index contributed by atoms with van der Waals surface area (Å²) in [6, 6.07) is 5.37. The molecule has 5 nitrogen and oxygen atoms in total. The zero-order chi connectivity index (χ0) is 14.5. The number of halogens is 2. The number of anilines is 1. The van der Waals surface area contributed by atoms with E-state index in [1.54, 1.807) is 25.3 Å². The lowest BCUT2D eigenvalue weighted by molar-refractivity contribution is 0.411. The molecule has 0 bridgehead atoms. The van der Waals surface area contributed by atoms with Crippen molar-refractivity contribution in [2.75, 3.05) is 19.0 Å². The van der Waals surface area contributed by atoms with Gasteiger partial charge in [-0.1, -0.05) is 11.6 Å². The predicted octanol–water partition coefficient (Wildman–Crippen LogP) is 4.13. The molecule has 1 aromatic carbocycles. The van der Waals surface area contributed by atoms with E-state index in [0.717, 1.165) is 10.2 Å². The van der Waals surface area contributed by atoms with Crippen molar-refractivity contribution in [3.8, 4) is 17.4 Å². The van der Waals surface area contributed by atoms with Crippen LogP contribution in [0.15, 0.2) is 28.9 Å². The van der Waals surface area contributed by atoms with Gasteiger partial charge in [-0.25, -0.2) is 4.98 Å². The van der Waals surface area contributed by atoms with Crippen LogP contribution < -0.4 is 14.8 Å². The first-order valence-corrected chi connectivity index (χ1v) is 7.09. The summed E-state index contributed by atoms with van der Waals surface area (Å²) in [5.74, 6) is 2.08. The second-order valence-electron chi connectivity index (χ2n) is 3.78. The molecular formula is C13H13BrClN3O2. The fourth-order valence-corrected chi connectivity index (χ4v) is 2.03. The van der Waals surface area contributed by atoms with E-state index in [9.17, 15) is 0 Å². The van der Waals surface area contributed by atoms with E-state index < -0.39 is 0 Å². The van der Waals surface area contributed by atoms with Crippen LogP contribution in [-0.4, -0.2) is 23.6 Å². The second kappa shape index (κ2) is 6.76. The van der Waals surface area contributed by atoms with Crippen LogP contribution in [0.3, 0.4) is 0 Å². The molecule has 1 aromatic heterocycles. The van der Waals surface area contributed by atoms with E-state index in [-0.39, 0.29) is 0 Å². The smallest absolute Gasteiger partial charge is 0.243 e. The van der Waals surface area contributed by atoms with E-state index in [1.807, 2.05) is 6.92 Å². The van der Waals surface area contributed by atoms with Gasteiger partial charge < -0.3 is 14.8 Å². The third-order valence-electron chi connectivity index (χ3n) is 2.39. The third-order valence-corrected chi connectivity index (χ3v) is 3.27. The number of hydrogen-bond acceptors (Lipinski definition) is 5. The minimum Gasteiger partial charge on any atom is -0.497 e. The molecule has 0 aliphatic rings. The molecule has 7 heteroatoms. The van der Waals surface area contributed by atoms with E-state index in [1.165, 1.54) is 6.20 Å². The highest BCUT2D eigenvalue weighted by atomic mass is 79.9. The predicted molar refractivity (Wildman–Crippen MR) is 82.0 cm³/mol. The van der Waals surface area contributed by atoms with Gasteiger partial charge in [0, 0.05) is 6.54 Å². The maximum Gasteiger partial charge on any atom is 0.243 e. The second-order valence-corrected chi connectivity index (χ2v) is 5.04. The molecule has 0 unspecified atom stereocenters. The Morgan fingerprint density at radius 3 is 2.85 bits per heavy atom. The Balaban J connectivity index is 2.27. The summed E-state index contributed by atoms with van der Waals surface area (Å²) in [6.07, 6.45) is 1.50. The molecule has 0 aliphatic carbocycles. The number of rotatable bonds is 5. The van der Waals surface area contributed by atoms with Gasteiger partial charge in [0.15, 0.2) is 0 Å². The first kappa shape index (κ1) is 14.9. The SMILES string of the molecule is CCNc1ncc(Cl)c(Oc2ccc(OC)cc2Br)n1. The van der Waals surface area contributed by atoms with Crippen molar-refractivity contribution in [3.63, 3.8) is 0 Å². The summed E-state index contributed by atoms with van der Waals surface area (Å²) in [5.41, 5.74) is 0. The van der Waals surface area contributed by atoms with E-state index >= 15 is 0 Å². The van der Waals surface area contributed by atoms with Crippen LogP contribution in [0.1, 0.15) is 6.92 Å². The van der Waals surface area contributed by atoms with Crippen LogP contribution in [0.25, 0.3) is 0 Å². The third kappa shape index (κ3) is 3.52. The lowest BCUT2D eigenvalue weighted by Crippen LogP contribution is -2.03. The average Bonchev–Trinajstić information content (AvgIpc) is 2.44. The molecule has 0 aliphatic heterocycles. The highest BCUT2D eigenvalue weighted by Crippen LogP contribution is 2.34. The van der Waals surface area contributed by atoms with Crippen LogP contribution in [0, 0.1) is 0 Å². The molecule has 0 saturated heterocycles. The molecule has 1 heterocycles. The average molecular weight is 359 g/mol. The first-order valence-electron chi connectivity index (χ1n) is 5.91. The van der Waals surface area contributed by atoms with Crippen LogP contribution in [0.5, 0.6) is 17.4 Å². The number of nitrogens with zero attached hydrogens (tertiary/aromatic N) is 2. The zero-order valence-electron chi connectivity index (χ0n) is 11.0. The van der Waals surface area contributed by atoms with E-state index in [4.69, 9.17) is 21.1 Å². The molecule has 0 atom stereocenters. The van der Waals surface area contributed by atoms with Gasteiger partial charge in [0.2, 0.25) is 11.8 Å². The molecule has 0 fully saturated rings. The van der Waals surface area contributed by atoms with E-state index in [0.29, 0.717) is 29.1 Å². The summed E-state index contributed by atoms with van der Waals surface area (Å²) in [6.45, 7) is 2.67. The standard InChI is InChI=1S/C13H13BrClN3O2/c1-3-16-13-17-7-10(15)12(18-13)20-11-5-4-8(19-2)6-9(11)14/h4-7H,3H2,1-2H3,(H,16,17,18). The minimum absolute atomic E-state index is 0.295. The van der Waals surface area contributed by atoms with Crippen molar-refractivity contribution in [2.24, 2.45) is 0 Å². The van der Waals surface area contributed by atoms with Gasteiger partial charge in [0.1, 0.15) is 16.5 Å². The van der Waals surface area contributed by atoms with E-state index in [2.05, 4.69) is 31.2 Å². The van der Waals surface area contributed by atoms with Gasteiger partial charge in [-0.15, -0.1) is 0 Å². The number of ether oxygens (including phenoxy) is 2. The molecule has 0 amide bonds. The maximum absolute atomic E-state index is 6.04. The number of aromatic nitrogens is 2. The van der Waals surface area contributed by atoms with Crippen molar-refractivity contribution >= 4 is 33.5 Å². The largest absolute Gasteiger partial charge is 0.497 e. The normalized spacial score (nSPS) is 10.2. The summed E-state index contributed by atoms with van der Waals surface area (Å²) >= 11 is 9.45. The molecule has 0 radical (unpaired) electrons. The summed E-state index contributed by atoms with van der Waals surface area (Å²) in [7, 11) is 1.60. The topological polar surface area (TPSA) is 56.3 Å². The van der Waals surface area contributed by atoms with Gasteiger partial charge in [-0.05, 0) is 41.1 Å². The molecule has 1 N–H and O–H groups in total. The first-order chi connectivity index (χ1) is 9.63. The molecule has 106 valence electrons. The quantitative estimate of drug-likeness (QED) is 0.871. The fourth-order valence-electron chi connectivity index (χ4n) is 1.46. The van der Waals surface area contributed by atoms with Crippen molar-refractivity contribution in [1.29, 1.82) is 0 Å². The molecule has 0 spiro atoms. The van der Waals surface area contributed by atoms with Gasteiger partial charge >= 0.3 is 0 Å². The Morgan fingerprint density at radius 1 is 1.40 bits per heavy atom. The van der Waals surface area contributed by atoms with Crippen LogP contribution in [-0.2, 0) is 0 Å². The zero-order valence-corrected chi connectivity index (χ0v) is 13.3. The Morgan fingerprint density at radius 2 is 2.20 bits per heavy atom. The summed E-state index contributed by atoms with van der Waals surface area (Å²) in [4.78, 5) is 8.27. The van der Waals surface area contributed by atoms with Gasteiger partial charge in [0.05, 0.1) is 17.8 Å². The van der Waals surface area contributed by atoms with Crippen molar-refractivity contribution in [2.45, 2.75) is 6.92 Å². The lowest BCUT2D eigenvalue weighted by atomic mass is 10.3. The van der Waals surface area contributed by atoms with Crippen LogP contribution >= 0.6 is 27.5 Å². The van der Waals surface area contributed by atoms with Crippen molar-refractivity contribution in [3.05, 3.63) is 33.9 Å². The van der Waals surface area contributed by atoms with Crippen LogP contribution in [0.2, 0.25) is 5.02 Å². The minimum atomic E-state index is 0.295. The fraction of sp³-hybridized carbons (Fsp3) is 0.231. The monoisotopic (exact) mass is 357 g/mol. The maximum atomic E-state index is 6.04. The lowest BCUT2D eigenvalue weighted by Gasteiger charge is -2.10. The van der Waals surface area contributed by atoms with Gasteiger partial charge in [-0.2, -0.15) is 4.98 Å². The number of nitrogens with one attached hydrogen (secondary N) is 1. The Labute approximate surface area is 130 Å². The van der Waals surface area contributed by atoms with Gasteiger partial charge in [-0.3, -0.25) is 0 Å². The van der Waals surface area contributed by atoms with Gasteiger partial charge in [0.25, 0.3) is 0 Å². The molecule has 2 aromatic rings. The molecule has 2 rings (SSSR count). The van der Waals surface area contributed by atoms with Crippen LogP contribution in [0.4, 0.5) is 5.95 Å². The Bertz CT molecular complexity index is 610.